The summed E-state index contributed by atoms with van der Waals surface area (Å²) < 4.78 is 6.05. The van der Waals surface area contributed by atoms with Crippen molar-refractivity contribution >= 4 is 5.69 Å². The van der Waals surface area contributed by atoms with Crippen molar-refractivity contribution in [2.75, 3.05) is 5.32 Å². The second-order valence-electron chi connectivity index (χ2n) is 6.29. The number of hydrogen-bond acceptors (Lipinski definition) is 2. The summed E-state index contributed by atoms with van der Waals surface area (Å²) in [6, 6.07) is 25.3. The maximum absolute atomic E-state index is 6.05. The van der Waals surface area contributed by atoms with Crippen molar-refractivity contribution in [3.05, 3.63) is 95.1 Å². The van der Waals surface area contributed by atoms with Crippen molar-refractivity contribution in [3.63, 3.8) is 0 Å². The third kappa shape index (κ3) is 4.87. The summed E-state index contributed by atoms with van der Waals surface area (Å²) in [6.07, 6.45) is 1.07. The van der Waals surface area contributed by atoms with E-state index in [0.717, 1.165) is 30.0 Å². The van der Waals surface area contributed by atoms with Crippen LogP contribution in [0.1, 0.15) is 29.2 Å². The minimum atomic E-state index is 0.586. The Hall–Kier alpha value is -2.74. The lowest BCUT2D eigenvalue weighted by Gasteiger charge is -2.13. The Bertz CT molecular complexity index is 791. The van der Waals surface area contributed by atoms with Gasteiger partial charge in [-0.2, -0.15) is 0 Å². The number of hydrogen-bond donors (Lipinski definition) is 1. The zero-order valence-electron chi connectivity index (χ0n) is 15.0. The summed E-state index contributed by atoms with van der Waals surface area (Å²) in [6.45, 7) is 5.60. The van der Waals surface area contributed by atoms with Gasteiger partial charge in [-0.25, -0.2) is 0 Å². The molecule has 2 heteroatoms. The van der Waals surface area contributed by atoms with Crippen molar-refractivity contribution in [1.29, 1.82) is 0 Å². The Morgan fingerprint density at radius 2 is 1.48 bits per heavy atom. The van der Waals surface area contributed by atoms with E-state index in [2.05, 4.69) is 79.8 Å². The molecule has 0 saturated heterocycles. The van der Waals surface area contributed by atoms with Crippen LogP contribution in [-0.2, 0) is 19.6 Å². The molecule has 3 aromatic carbocycles. The average molecular weight is 331 g/mol. The Labute approximate surface area is 150 Å². The predicted molar refractivity (Wildman–Crippen MR) is 105 cm³/mol. The number of aryl methyl sites for hydroxylation is 2. The lowest BCUT2D eigenvalue weighted by molar-refractivity contribution is 0.303. The highest BCUT2D eigenvalue weighted by atomic mass is 16.5. The molecule has 2 nitrogen and oxygen atoms in total. The van der Waals surface area contributed by atoms with E-state index in [9.17, 15) is 0 Å². The van der Waals surface area contributed by atoms with E-state index in [1.54, 1.807) is 0 Å². The second-order valence-corrected chi connectivity index (χ2v) is 6.29. The standard InChI is InChI=1S/C23H25NO/c1-3-19-12-14-22(15-13-19)24-16-21-6-4-5-7-23(21)25-17-20-10-8-18(2)9-11-20/h4-15,24H,3,16-17H2,1-2H3. The fourth-order valence-electron chi connectivity index (χ4n) is 2.69. The van der Waals surface area contributed by atoms with E-state index in [1.165, 1.54) is 16.7 Å². The lowest BCUT2D eigenvalue weighted by Crippen LogP contribution is -2.03. The molecule has 25 heavy (non-hydrogen) atoms. The van der Waals surface area contributed by atoms with E-state index >= 15 is 0 Å². The fourth-order valence-corrected chi connectivity index (χ4v) is 2.69. The van der Waals surface area contributed by atoms with Gasteiger partial charge in [-0.05, 0) is 42.7 Å². The monoisotopic (exact) mass is 331 g/mol. The van der Waals surface area contributed by atoms with Crippen LogP contribution in [-0.4, -0.2) is 0 Å². The molecule has 0 heterocycles. The first kappa shape index (κ1) is 17.1. The number of nitrogens with one attached hydrogen (secondary N) is 1. The van der Waals surface area contributed by atoms with Crippen molar-refractivity contribution in [1.82, 2.24) is 0 Å². The smallest absolute Gasteiger partial charge is 0.124 e. The summed E-state index contributed by atoms with van der Waals surface area (Å²) in [7, 11) is 0. The molecule has 0 saturated carbocycles. The molecule has 0 radical (unpaired) electrons. The van der Waals surface area contributed by atoms with Crippen molar-refractivity contribution in [3.8, 4) is 5.75 Å². The van der Waals surface area contributed by atoms with Crippen LogP contribution in [0.15, 0.2) is 72.8 Å². The normalized spacial score (nSPS) is 10.5. The highest BCUT2D eigenvalue weighted by molar-refractivity contribution is 5.46. The van der Waals surface area contributed by atoms with Crippen LogP contribution >= 0.6 is 0 Å². The first-order chi connectivity index (χ1) is 12.2. The first-order valence-electron chi connectivity index (χ1n) is 8.83. The number of ether oxygens (including phenoxy) is 1. The van der Waals surface area contributed by atoms with Crippen molar-refractivity contribution in [2.45, 2.75) is 33.4 Å². The molecule has 0 spiro atoms. The van der Waals surface area contributed by atoms with Crippen molar-refractivity contribution < 1.29 is 4.74 Å². The van der Waals surface area contributed by atoms with Gasteiger partial charge in [0.2, 0.25) is 0 Å². The van der Waals surface area contributed by atoms with Gasteiger partial charge in [0.05, 0.1) is 0 Å². The van der Waals surface area contributed by atoms with Gasteiger partial charge in [0, 0.05) is 17.8 Å². The largest absolute Gasteiger partial charge is 0.489 e. The Balaban J connectivity index is 1.62. The molecule has 0 unspecified atom stereocenters. The van der Waals surface area contributed by atoms with Crippen LogP contribution < -0.4 is 10.1 Å². The molecule has 0 aromatic heterocycles. The van der Waals surface area contributed by atoms with E-state index in [-0.39, 0.29) is 0 Å². The average Bonchev–Trinajstić information content (AvgIpc) is 2.67. The van der Waals surface area contributed by atoms with Crippen molar-refractivity contribution in [2.24, 2.45) is 0 Å². The number of anilines is 1. The highest BCUT2D eigenvalue weighted by Gasteiger charge is 2.04. The lowest BCUT2D eigenvalue weighted by atomic mass is 10.1. The molecule has 128 valence electrons. The summed E-state index contributed by atoms with van der Waals surface area (Å²) in [4.78, 5) is 0. The topological polar surface area (TPSA) is 21.3 Å². The Kier molecular flexibility index (Phi) is 5.73. The summed E-state index contributed by atoms with van der Waals surface area (Å²) in [5, 5.41) is 3.48. The molecule has 3 rings (SSSR count). The number of benzene rings is 3. The summed E-state index contributed by atoms with van der Waals surface area (Å²) in [5.41, 5.74) is 6.10. The molecule has 3 aromatic rings. The number of rotatable bonds is 7. The molecule has 1 N–H and O–H groups in total. The van der Waals surface area contributed by atoms with Crippen LogP contribution in [0.4, 0.5) is 5.69 Å². The first-order valence-corrected chi connectivity index (χ1v) is 8.83. The van der Waals surface area contributed by atoms with E-state index in [4.69, 9.17) is 4.74 Å². The van der Waals surface area contributed by atoms with Gasteiger partial charge in [-0.15, -0.1) is 0 Å². The van der Waals surface area contributed by atoms with Gasteiger partial charge in [-0.1, -0.05) is 67.1 Å². The summed E-state index contributed by atoms with van der Waals surface area (Å²) in [5.74, 6) is 0.931. The molecule has 0 aliphatic heterocycles. The predicted octanol–water partition coefficient (Wildman–Crippen LogP) is 5.75. The Morgan fingerprint density at radius 3 is 2.20 bits per heavy atom. The van der Waals surface area contributed by atoms with Gasteiger partial charge < -0.3 is 10.1 Å². The molecule has 0 atom stereocenters. The van der Waals surface area contributed by atoms with Gasteiger partial charge >= 0.3 is 0 Å². The van der Waals surface area contributed by atoms with E-state index in [0.29, 0.717) is 6.61 Å². The van der Waals surface area contributed by atoms with Gasteiger partial charge in [-0.3, -0.25) is 0 Å². The van der Waals surface area contributed by atoms with Crippen LogP contribution in [0.25, 0.3) is 0 Å². The minimum Gasteiger partial charge on any atom is -0.489 e. The van der Waals surface area contributed by atoms with Crippen LogP contribution in [0.2, 0.25) is 0 Å². The fraction of sp³-hybridized carbons (Fsp3) is 0.217. The maximum atomic E-state index is 6.05. The molecule has 0 aliphatic carbocycles. The van der Waals surface area contributed by atoms with Gasteiger partial charge in [0.15, 0.2) is 0 Å². The molecule has 0 fully saturated rings. The van der Waals surface area contributed by atoms with Gasteiger partial charge in [0.1, 0.15) is 12.4 Å². The summed E-state index contributed by atoms with van der Waals surface area (Å²) >= 11 is 0. The third-order valence-corrected chi connectivity index (χ3v) is 4.33. The van der Waals surface area contributed by atoms with Crippen LogP contribution in [0.3, 0.4) is 0 Å². The molecular formula is C23H25NO. The molecular weight excluding hydrogens is 306 g/mol. The second kappa shape index (κ2) is 8.39. The SMILES string of the molecule is CCc1ccc(NCc2ccccc2OCc2ccc(C)cc2)cc1. The molecule has 0 bridgehead atoms. The van der Waals surface area contributed by atoms with E-state index < -0.39 is 0 Å². The Morgan fingerprint density at radius 1 is 0.800 bits per heavy atom. The highest BCUT2D eigenvalue weighted by Crippen LogP contribution is 2.21. The minimum absolute atomic E-state index is 0.586. The maximum Gasteiger partial charge on any atom is 0.124 e. The number of para-hydroxylation sites is 1. The quantitative estimate of drug-likeness (QED) is 0.595. The van der Waals surface area contributed by atoms with Crippen LogP contribution in [0.5, 0.6) is 5.75 Å². The zero-order chi connectivity index (χ0) is 17.5. The van der Waals surface area contributed by atoms with Gasteiger partial charge in [0.25, 0.3) is 0 Å². The molecule has 0 aliphatic rings. The molecule has 0 amide bonds. The zero-order valence-corrected chi connectivity index (χ0v) is 15.0. The van der Waals surface area contributed by atoms with Crippen LogP contribution in [0, 0.1) is 6.92 Å². The van der Waals surface area contributed by atoms with E-state index in [1.807, 2.05) is 12.1 Å². The third-order valence-electron chi connectivity index (χ3n) is 4.33.